The predicted octanol–water partition coefficient (Wildman–Crippen LogP) is 8.79. The van der Waals surface area contributed by atoms with E-state index in [1.165, 1.54) is 70.6 Å². The Morgan fingerprint density at radius 2 is 1.00 bits per heavy atom. The fraction of sp³-hybridized carbons (Fsp3) is 0.931. The lowest BCUT2D eigenvalue weighted by Crippen LogP contribution is -2.27. The summed E-state index contributed by atoms with van der Waals surface area (Å²) in [4.78, 5) is 23.8. The fourth-order valence-corrected chi connectivity index (χ4v) is 4.64. The zero-order valence-corrected chi connectivity index (χ0v) is 23.0. The molecule has 0 rings (SSSR count). The number of hydrogen-bond acceptors (Lipinski definition) is 4. The molecule has 0 N–H and O–H groups in total. The van der Waals surface area contributed by atoms with Crippen LogP contribution in [-0.4, -0.2) is 24.1 Å². The Morgan fingerprint density at radius 3 is 1.39 bits per heavy atom. The molecule has 0 aliphatic carbocycles. The fourth-order valence-electron chi connectivity index (χ4n) is 4.64. The van der Waals surface area contributed by atoms with Crippen molar-refractivity contribution in [2.75, 3.05) is 0 Å². The number of rotatable bonds is 22. The lowest BCUT2D eigenvalue weighted by molar-refractivity contribution is -0.155. The van der Waals surface area contributed by atoms with E-state index in [1.807, 2.05) is 27.7 Å². The van der Waals surface area contributed by atoms with Crippen molar-refractivity contribution in [2.24, 2.45) is 11.8 Å². The van der Waals surface area contributed by atoms with Crippen molar-refractivity contribution in [3.05, 3.63) is 0 Å². The summed E-state index contributed by atoms with van der Waals surface area (Å²) in [5.74, 6) is 0.492. The summed E-state index contributed by atoms with van der Waals surface area (Å²) in [5, 5.41) is 0. The van der Waals surface area contributed by atoms with Crippen LogP contribution in [0.4, 0.5) is 0 Å². The number of esters is 2. The molecule has 2 unspecified atom stereocenters. The zero-order valence-electron chi connectivity index (χ0n) is 23.0. The number of unbranched alkanes of at least 4 members (excludes halogenated alkanes) is 12. The third-order valence-electron chi connectivity index (χ3n) is 6.51. The van der Waals surface area contributed by atoms with Crippen molar-refractivity contribution in [1.29, 1.82) is 0 Å². The molecule has 0 spiro atoms. The molecular formula is C29H56O4. The number of carbonyl (C=O) groups is 2. The molecule has 4 nitrogen and oxygen atoms in total. The van der Waals surface area contributed by atoms with Gasteiger partial charge in [-0.25, -0.2) is 0 Å². The van der Waals surface area contributed by atoms with Gasteiger partial charge < -0.3 is 9.47 Å². The van der Waals surface area contributed by atoms with E-state index in [1.54, 1.807) is 0 Å². The van der Waals surface area contributed by atoms with Crippen LogP contribution in [0.5, 0.6) is 0 Å². The first kappa shape index (κ1) is 31.9. The first-order valence-corrected chi connectivity index (χ1v) is 14.2. The van der Waals surface area contributed by atoms with Crippen molar-refractivity contribution >= 4 is 11.9 Å². The van der Waals surface area contributed by atoms with Gasteiger partial charge in [0.25, 0.3) is 0 Å². The molecule has 0 heterocycles. The summed E-state index contributed by atoms with van der Waals surface area (Å²) in [7, 11) is 0. The molecule has 0 radical (unpaired) electrons. The topological polar surface area (TPSA) is 52.6 Å². The van der Waals surface area contributed by atoms with Crippen molar-refractivity contribution in [3.63, 3.8) is 0 Å². The van der Waals surface area contributed by atoms with Gasteiger partial charge in [0, 0.05) is 6.42 Å². The number of hydrogen-bond donors (Lipinski definition) is 0. The quantitative estimate of drug-likeness (QED) is 0.118. The molecule has 0 aromatic rings. The molecular weight excluding hydrogens is 412 g/mol. The standard InChI is InChI=1S/C29H56O4/c1-7-26(27(8-2)29(31)33-25(5)6)22-20-18-16-14-12-10-9-11-13-15-17-19-21-23-28(30)32-24(3)4/h24-27H,7-23H2,1-6H3. The van der Waals surface area contributed by atoms with Crippen LogP contribution < -0.4 is 0 Å². The Labute approximate surface area is 206 Å². The van der Waals surface area contributed by atoms with Crippen LogP contribution in [0.2, 0.25) is 0 Å². The third kappa shape index (κ3) is 19.0. The molecule has 0 amide bonds. The normalized spacial score (nSPS) is 13.3. The Kier molecular flexibility index (Phi) is 20.8. The van der Waals surface area contributed by atoms with Gasteiger partial charge in [-0.1, -0.05) is 97.3 Å². The van der Waals surface area contributed by atoms with Gasteiger partial charge in [-0.3, -0.25) is 9.59 Å². The van der Waals surface area contributed by atoms with E-state index in [9.17, 15) is 9.59 Å². The van der Waals surface area contributed by atoms with E-state index < -0.39 is 0 Å². The highest BCUT2D eigenvalue weighted by Crippen LogP contribution is 2.27. The molecule has 0 saturated carbocycles. The molecule has 2 atom stereocenters. The second kappa shape index (κ2) is 21.5. The summed E-state index contributed by atoms with van der Waals surface area (Å²) >= 11 is 0. The average molecular weight is 469 g/mol. The van der Waals surface area contributed by atoms with Gasteiger partial charge in [0.05, 0.1) is 18.1 Å². The molecule has 0 aliphatic rings. The maximum Gasteiger partial charge on any atom is 0.309 e. The SMILES string of the molecule is CCC(CCCCCCCCCCCCCCCC(=O)OC(C)C)C(CC)C(=O)OC(C)C. The van der Waals surface area contributed by atoms with E-state index in [0.29, 0.717) is 12.3 Å². The van der Waals surface area contributed by atoms with Crippen LogP contribution in [0.1, 0.15) is 151 Å². The summed E-state index contributed by atoms with van der Waals surface area (Å²) in [5.41, 5.74) is 0. The zero-order chi connectivity index (χ0) is 24.9. The highest BCUT2D eigenvalue weighted by Gasteiger charge is 2.27. The highest BCUT2D eigenvalue weighted by molar-refractivity contribution is 5.72. The van der Waals surface area contributed by atoms with Crippen molar-refractivity contribution in [3.8, 4) is 0 Å². The highest BCUT2D eigenvalue weighted by atomic mass is 16.5. The van der Waals surface area contributed by atoms with Crippen LogP contribution in [0.25, 0.3) is 0 Å². The van der Waals surface area contributed by atoms with E-state index in [0.717, 1.165) is 32.1 Å². The number of ether oxygens (including phenoxy) is 2. The first-order chi connectivity index (χ1) is 15.8. The van der Waals surface area contributed by atoms with Gasteiger partial charge in [-0.05, 0) is 52.9 Å². The maximum atomic E-state index is 12.3. The van der Waals surface area contributed by atoms with Gasteiger partial charge in [-0.2, -0.15) is 0 Å². The van der Waals surface area contributed by atoms with Gasteiger partial charge in [-0.15, -0.1) is 0 Å². The second-order valence-corrected chi connectivity index (χ2v) is 10.3. The lowest BCUT2D eigenvalue weighted by Gasteiger charge is -2.24. The second-order valence-electron chi connectivity index (χ2n) is 10.3. The van der Waals surface area contributed by atoms with Crippen LogP contribution in [0.15, 0.2) is 0 Å². The van der Waals surface area contributed by atoms with Gasteiger partial charge in [0.2, 0.25) is 0 Å². The van der Waals surface area contributed by atoms with E-state index >= 15 is 0 Å². The molecule has 0 fully saturated rings. The van der Waals surface area contributed by atoms with Crippen LogP contribution >= 0.6 is 0 Å². The average Bonchev–Trinajstić information content (AvgIpc) is 2.74. The van der Waals surface area contributed by atoms with E-state index in [2.05, 4.69) is 13.8 Å². The molecule has 0 aromatic heterocycles. The molecule has 33 heavy (non-hydrogen) atoms. The van der Waals surface area contributed by atoms with Crippen molar-refractivity contribution in [2.45, 2.75) is 163 Å². The summed E-state index contributed by atoms with van der Waals surface area (Å²) < 4.78 is 10.6. The number of carbonyl (C=O) groups excluding carboxylic acids is 2. The summed E-state index contributed by atoms with van der Waals surface area (Å²) in [6.07, 6.45) is 20.2. The molecule has 196 valence electrons. The van der Waals surface area contributed by atoms with E-state index in [-0.39, 0.29) is 30.1 Å². The van der Waals surface area contributed by atoms with Gasteiger partial charge in [0.15, 0.2) is 0 Å². The Hall–Kier alpha value is -1.06. The van der Waals surface area contributed by atoms with Crippen LogP contribution in [0, 0.1) is 11.8 Å². The first-order valence-electron chi connectivity index (χ1n) is 14.2. The monoisotopic (exact) mass is 468 g/mol. The smallest absolute Gasteiger partial charge is 0.309 e. The third-order valence-corrected chi connectivity index (χ3v) is 6.51. The Morgan fingerprint density at radius 1 is 0.576 bits per heavy atom. The van der Waals surface area contributed by atoms with Crippen LogP contribution in [-0.2, 0) is 19.1 Å². The van der Waals surface area contributed by atoms with Crippen molar-refractivity contribution < 1.29 is 19.1 Å². The Balaban J connectivity index is 3.56. The Bertz CT molecular complexity index is 472. The largest absolute Gasteiger partial charge is 0.463 e. The minimum Gasteiger partial charge on any atom is -0.463 e. The lowest BCUT2D eigenvalue weighted by atomic mass is 9.84. The minimum atomic E-state index is -0.0494. The van der Waals surface area contributed by atoms with Crippen LogP contribution in [0.3, 0.4) is 0 Å². The van der Waals surface area contributed by atoms with Crippen molar-refractivity contribution in [1.82, 2.24) is 0 Å². The molecule has 4 heteroatoms. The maximum absolute atomic E-state index is 12.3. The minimum absolute atomic E-state index is 0.00527. The molecule has 0 aromatic carbocycles. The molecule has 0 aliphatic heterocycles. The summed E-state index contributed by atoms with van der Waals surface area (Å²) in [6, 6.07) is 0. The van der Waals surface area contributed by atoms with E-state index in [4.69, 9.17) is 9.47 Å². The van der Waals surface area contributed by atoms with Gasteiger partial charge >= 0.3 is 11.9 Å². The van der Waals surface area contributed by atoms with Gasteiger partial charge in [0.1, 0.15) is 0 Å². The molecule has 0 saturated heterocycles. The molecule has 0 bridgehead atoms. The predicted molar refractivity (Wildman–Crippen MR) is 139 cm³/mol. The summed E-state index contributed by atoms with van der Waals surface area (Å²) in [6.45, 7) is 12.0.